The minimum absolute atomic E-state index is 0.0446. The molecule has 0 aliphatic rings. The lowest BCUT2D eigenvalue weighted by Gasteiger charge is -2.12. The normalized spacial score (nSPS) is 10.7. The Balaban J connectivity index is 2.22. The van der Waals surface area contributed by atoms with Gasteiger partial charge in [-0.1, -0.05) is 6.07 Å². The lowest BCUT2D eigenvalue weighted by atomic mass is 10.2. The second kappa shape index (κ2) is 5.77. The van der Waals surface area contributed by atoms with Gasteiger partial charge in [-0.2, -0.15) is 4.98 Å². The zero-order valence-corrected chi connectivity index (χ0v) is 11.7. The highest BCUT2D eigenvalue weighted by Gasteiger charge is 2.08. The van der Waals surface area contributed by atoms with E-state index in [4.69, 9.17) is 15.2 Å². The average molecular weight is 276 g/mol. The molecule has 106 valence electrons. The molecule has 0 fully saturated rings. The van der Waals surface area contributed by atoms with Crippen molar-refractivity contribution in [3.63, 3.8) is 0 Å². The van der Waals surface area contributed by atoms with Crippen LogP contribution in [0.25, 0.3) is 0 Å². The van der Waals surface area contributed by atoms with E-state index in [1.165, 1.54) is 6.07 Å². The fourth-order valence-electron chi connectivity index (χ4n) is 1.57. The lowest BCUT2D eigenvalue weighted by molar-refractivity contribution is 0.232. The second-order valence-corrected chi connectivity index (χ2v) is 4.72. The van der Waals surface area contributed by atoms with E-state index in [1.54, 1.807) is 31.2 Å². The second-order valence-electron chi connectivity index (χ2n) is 4.72. The Morgan fingerprint density at radius 1 is 1.20 bits per heavy atom. The van der Waals surface area contributed by atoms with E-state index in [0.717, 1.165) is 0 Å². The van der Waals surface area contributed by atoms with Crippen molar-refractivity contribution in [3.05, 3.63) is 41.7 Å². The summed E-state index contributed by atoms with van der Waals surface area (Å²) in [6.45, 7) is 5.45. The van der Waals surface area contributed by atoms with Crippen LogP contribution in [0.1, 0.15) is 19.4 Å². The van der Waals surface area contributed by atoms with Gasteiger partial charge in [-0.3, -0.25) is 0 Å². The molecule has 0 bridgehead atoms. The minimum Gasteiger partial charge on any atom is -0.473 e. The third-order valence-corrected chi connectivity index (χ3v) is 2.58. The molecule has 20 heavy (non-hydrogen) atoms. The van der Waals surface area contributed by atoms with Crippen molar-refractivity contribution < 1.29 is 13.9 Å². The summed E-state index contributed by atoms with van der Waals surface area (Å²) in [6.07, 6.45) is -0.0446. The minimum atomic E-state index is -0.323. The molecule has 0 radical (unpaired) electrons. The molecule has 2 N–H and O–H groups in total. The molecule has 0 unspecified atom stereocenters. The lowest BCUT2D eigenvalue weighted by Crippen LogP contribution is -2.09. The smallest absolute Gasteiger partial charge is 0.240 e. The summed E-state index contributed by atoms with van der Waals surface area (Å²) >= 11 is 0. The standard InChI is InChI=1S/C15H17FN2O2/c1-9(2)19-15-13(17)6-7-14(18-15)20-11-5-4-10(3)12(16)8-11/h4-9H,17H2,1-3H3. The third kappa shape index (κ3) is 3.38. The zero-order chi connectivity index (χ0) is 14.7. The highest BCUT2D eigenvalue weighted by atomic mass is 19.1. The number of hydrogen-bond acceptors (Lipinski definition) is 4. The van der Waals surface area contributed by atoms with Crippen LogP contribution in [0.4, 0.5) is 10.1 Å². The predicted molar refractivity (Wildman–Crippen MR) is 75.6 cm³/mol. The average Bonchev–Trinajstić information content (AvgIpc) is 2.37. The first-order valence-corrected chi connectivity index (χ1v) is 6.33. The molecule has 1 aromatic carbocycles. The van der Waals surface area contributed by atoms with E-state index < -0.39 is 0 Å². The van der Waals surface area contributed by atoms with Crippen molar-refractivity contribution in [2.24, 2.45) is 0 Å². The van der Waals surface area contributed by atoms with Crippen molar-refractivity contribution in [1.82, 2.24) is 4.98 Å². The Hall–Kier alpha value is -2.30. The Labute approximate surface area is 117 Å². The largest absolute Gasteiger partial charge is 0.473 e. The van der Waals surface area contributed by atoms with Crippen molar-refractivity contribution in [3.8, 4) is 17.5 Å². The molecular weight excluding hydrogens is 259 g/mol. The van der Waals surface area contributed by atoms with Crippen LogP contribution in [-0.2, 0) is 0 Å². The highest BCUT2D eigenvalue weighted by Crippen LogP contribution is 2.27. The molecule has 0 spiro atoms. The fourth-order valence-corrected chi connectivity index (χ4v) is 1.57. The number of ether oxygens (including phenoxy) is 2. The van der Waals surface area contributed by atoms with Gasteiger partial charge in [-0.15, -0.1) is 0 Å². The van der Waals surface area contributed by atoms with Crippen molar-refractivity contribution >= 4 is 5.69 Å². The van der Waals surface area contributed by atoms with E-state index in [1.807, 2.05) is 13.8 Å². The highest BCUT2D eigenvalue weighted by molar-refractivity contribution is 5.49. The summed E-state index contributed by atoms with van der Waals surface area (Å²) in [5, 5.41) is 0. The van der Waals surface area contributed by atoms with Gasteiger partial charge in [0.15, 0.2) is 0 Å². The number of aromatic nitrogens is 1. The molecule has 2 rings (SSSR count). The Morgan fingerprint density at radius 3 is 2.60 bits per heavy atom. The van der Waals surface area contributed by atoms with E-state index >= 15 is 0 Å². The van der Waals surface area contributed by atoms with Crippen molar-refractivity contribution in [2.75, 3.05) is 5.73 Å². The SMILES string of the molecule is Cc1ccc(Oc2ccc(N)c(OC(C)C)n2)cc1F. The van der Waals surface area contributed by atoms with Crippen LogP contribution in [0.2, 0.25) is 0 Å². The zero-order valence-electron chi connectivity index (χ0n) is 11.7. The predicted octanol–water partition coefficient (Wildman–Crippen LogP) is 3.69. The van der Waals surface area contributed by atoms with Gasteiger partial charge in [0.05, 0.1) is 11.8 Å². The van der Waals surface area contributed by atoms with Crippen molar-refractivity contribution in [2.45, 2.75) is 26.9 Å². The maximum atomic E-state index is 13.5. The molecule has 0 aliphatic carbocycles. The number of nitrogens with zero attached hydrogens (tertiary/aromatic N) is 1. The molecular formula is C15H17FN2O2. The van der Waals surface area contributed by atoms with Crippen molar-refractivity contribution in [1.29, 1.82) is 0 Å². The molecule has 4 nitrogen and oxygen atoms in total. The number of hydrogen-bond donors (Lipinski definition) is 1. The van der Waals surface area contributed by atoms with E-state index in [-0.39, 0.29) is 11.9 Å². The number of halogens is 1. The maximum Gasteiger partial charge on any atom is 0.240 e. The van der Waals surface area contributed by atoms with Crippen LogP contribution < -0.4 is 15.2 Å². The topological polar surface area (TPSA) is 57.4 Å². The number of aryl methyl sites for hydroxylation is 1. The first-order chi connectivity index (χ1) is 9.45. The van der Waals surface area contributed by atoms with Gasteiger partial charge >= 0.3 is 0 Å². The fraction of sp³-hybridized carbons (Fsp3) is 0.267. The molecule has 0 saturated carbocycles. The van der Waals surface area contributed by atoms with E-state index in [0.29, 0.717) is 28.8 Å². The van der Waals surface area contributed by atoms with Gasteiger partial charge in [0, 0.05) is 12.1 Å². The van der Waals surface area contributed by atoms with Gasteiger partial charge < -0.3 is 15.2 Å². The summed E-state index contributed by atoms with van der Waals surface area (Å²) in [5.74, 6) is 0.667. The molecule has 0 atom stereocenters. The Kier molecular flexibility index (Phi) is 4.08. The molecule has 0 aliphatic heterocycles. The van der Waals surface area contributed by atoms with E-state index in [9.17, 15) is 4.39 Å². The summed E-state index contributed by atoms with van der Waals surface area (Å²) < 4.78 is 24.4. The summed E-state index contributed by atoms with van der Waals surface area (Å²) in [4.78, 5) is 4.17. The molecule has 0 saturated heterocycles. The molecule has 2 aromatic rings. The van der Waals surface area contributed by atoms with Crippen LogP contribution in [-0.4, -0.2) is 11.1 Å². The first kappa shape index (κ1) is 14.1. The maximum absolute atomic E-state index is 13.5. The summed E-state index contributed by atoms with van der Waals surface area (Å²) in [7, 11) is 0. The summed E-state index contributed by atoms with van der Waals surface area (Å²) in [6, 6.07) is 7.90. The molecule has 1 heterocycles. The number of benzene rings is 1. The number of nitrogens with two attached hydrogens (primary N) is 1. The van der Waals surface area contributed by atoms with Crippen LogP contribution in [0.15, 0.2) is 30.3 Å². The number of anilines is 1. The van der Waals surface area contributed by atoms with Gasteiger partial charge in [0.1, 0.15) is 11.6 Å². The van der Waals surface area contributed by atoms with Crippen LogP contribution in [0.3, 0.4) is 0 Å². The monoisotopic (exact) mass is 276 g/mol. The molecule has 1 aromatic heterocycles. The Morgan fingerprint density at radius 2 is 1.95 bits per heavy atom. The van der Waals surface area contributed by atoms with Gasteiger partial charge in [-0.25, -0.2) is 4.39 Å². The quantitative estimate of drug-likeness (QED) is 0.925. The number of rotatable bonds is 4. The first-order valence-electron chi connectivity index (χ1n) is 6.33. The Bertz CT molecular complexity index is 615. The molecule has 0 amide bonds. The van der Waals surface area contributed by atoms with Crippen LogP contribution >= 0.6 is 0 Å². The van der Waals surface area contributed by atoms with Gasteiger partial charge in [0.2, 0.25) is 11.8 Å². The van der Waals surface area contributed by atoms with E-state index in [2.05, 4.69) is 4.98 Å². The van der Waals surface area contributed by atoms with Crippen LogP contribution in [0, 0.1) is 12.7 Å². The molecule has 5 heteroatoms. The number of pyridine rings is 1. The number of nitrogen functional groups attached to an aromatic ring is 1. The van der Waals surface area contributed by atoms with Gasteiger partial charge in [0.25, 0.3) is 0 Å². The van der Waals surface area contributed by atoms with Gasteiger partial charge in [-0.05, 0) is 38.5 Å². The van der Waals surface area contributed by atoms with Crippen LogP contribution in [0.5, 0.6) is 17.5 Å². The third-order valence-electron chi connectivity index (χ3n) is 2.58. The summed E-state index contributed by atoms with van der Waals surface area (Å²) in [5.41, 5.74) is 6.77.